The summed E-state index contributed by atoms with van der Waals surface area (Å²) in [5.41, 5.74) is 8.53. The van der Waals surface area contributed by atoms with Crippen molar-refractivity contribution in [1.29, 1.82) is 0 Å². The summed E-state index contributed by atoms with van der Waals surface area (Å²) in [6, 6.07) is 7.62. The number of aromatic nitrogens is 4. The van der Waals surface area contributed by atoms with Gasteiger partial charge < -0.3 is 5.73 Å². The lowest BCUT2D eigenvalue weighted by molar-refractivity contribution is 0.945. The summed E-state index contributed by atoms with van der Waals surface area (Å²) >= 11 is 1.32. The normalized spacial score (nSPS) is 10.8. The molecule has 5 nitrogen and oxygen atoms in total. The van der Waals surface area contributed by atoms with Gasteiger partial charge in [-0.05, 0) is 36.4 Å². The fourth-order valence-corrected chi connectivity index (χ4v) is 2.27. The zero-order valence-electron chi connectivity index (χ0n) is 10.2. The van der Waals surface area contributed by atoms with Crippen LogP contribution in [0.25, 0.3) is 11.0 Å². The van der Waals surface area contributed by atoms with Crippen molar-refractivity contribution in [2.45, 2.75) is 17.1 Å². The molecule has 0 unspecified atom stereocenters. The number of rotatable bonds is 2. The van der Waals surface area contributed by atoms with Gasteiger partial charge in [0.2, 0.25) is 0 Å². The Balaban J connectivity index is 2.00. The quantitative estimate of drug-likeness (QED) is 0.720. The highest BCUT2D eigenvalue weighted by Crippen LogP contribution is 2.28. The highest BCUT2D eigenvalue weighted by atomic mass is 32.2. The van der Waals surface area contributed by atoms with E-state index >= 15 is 0 Å². The number of fused-ring (bicyclic) bond motifs is 1. The van der Waals surface area contributed by atoms with E-state index in [1.165, 1.54) is 11.8 Å². The number of hydrogen-bond donors (Lipinski definition) is 1. The molecule has 0 radical (unpaired) electrons. The van der Waals surface area contributed by atoms with Crippen LogP contribution in [0, 0.1) is 6.92 Å². The summed E-state index contributed by atoms with van der Waals surface area (Å²) < 4.78 is 0. The molecule has 94 valence electrons. The van der Waals surface area contributed by atoms with Crippen LogP contribution < -0.4 is 5.73 Å². The van der Waals surface area contributed by atoms with Crippen molar-refractivity contribution in [2.75, 3.05) is 5.73 Å². The molecule has 0 aliphatic rings. The number of benzene rings is 1. The fourth-order valence-electron chi connectivity index (χ4n) is 1.59. The summed E-state index contributed by atoms with van der Waals surface area (Å²) in [6.07, 6.45) is 3.53. The minimum absolute atomic E-state index is 0.396. The topological polar surface area (TPSA) is 77.6 Å². The molecular weight excluding hydrogens is 258 g/mol. The Kier molecular flexibility index (Phi) is 3.00. The van der Waals surface area contributed by atoms with Gasteiger partial charge in [-0.15, -0.1) is 0 Å². The van der Waals surface area contributed by atoms with Gasteiger partial charge in [0.15, 0.2) is 11.0 Å². The Labute approximate surface area is 114 Å². The highest BCUT2D eigenvalue weighted by Gasteiger charge is 2.09. The Morgan fingerprint density at radius 3 is 2.32 bits per heavy atom. The number of hydrogen-bond acceptors (Lipinski definition) is 6. The molecule has 2 heterocycles. The zero-order chi connectivity index (χ0) is 13.2. The molecule has 0 aliphatic heterocycles. The van der Waals surface area contributed by atoms with Crippen molar-refractivity contribution in [3.05, 3.63) is 42.2 Å². The molecule has 3 rings (SSSR count). The van der Waals surface area contributed by atoms with E-state index in [2.05, 4.69) is 19.9 Å². The van der Waals surface area contributed by atoms with Crippen LogP contribution in [0.4, 0.5) is 5.82 Å². The predicted octanol–water partition coefficient (Wildman–Crippen LogP) is 2.46. The molecule has 3 aromatic rings. The largest absolute Gasteiger partial charge is 0.381 e. The minimum atomic E-state index is 0.396. The Morgan fingerprint density at radius 2 is 1.63 bits per heavy atom. The van der Waals surface area contributed by atoms with Crippen LogP contribution in [0.2, 0.25) is 0 Å². The van der Waals surface area contributed by atoms with Gasteiger partial charge >= 0.3 is 0 Å². The molecule has 1 aromatic carbocycles. The van der Waals surface area contributed by atoms with Crippen molar-refractivity contribution < 1.29 is 0 Å². The minimum Gasteiger partial charge on any atom is -0.381 e. The monoisotopic (exact) mass is 269 g/mol. The first-order valence-electron chi connectivity index (χ1n) is 5.71. The molecule has 0 aliphatic carbocycles. The maximum Gasteiger partial charge on any atom is 0.193 e. The summed E-state index contributed by atoms with van der Waals surface area (Å²) in [6.45, 7) is 1.94. The van der Waals surface area contributed by atoms with Crippen molar-refractivity contribution in [2.24, 2.45) is 0 Å². The molecule has 0 fully saturated rings. The Hall–Kier alpha value is -2.21. The molecule has 0 saturated heterocycles. The molecule has 19 heavy (non-hydrogen) atoms. The van der Waals surface area contributed by atoms with E-state index in [1.54, 1.807) is 12.4 Å². The smallest absolute Gasteiger partial charge is 0.193 e. The van der Waals surface area contributed by atoms with Gasteiger partial charge in [0, 0.05) is 12.4 Å². The maximum atomic E-state index is 5.91. The van der Waals surface area contributed by atoms with Crippen LogP contribution in [0.1, 0.15) is 5.56 Å². The third-order valence-corrected chi connectivity index (χ3v) is 3.40. The fraction of sp³-hybridized carbons (Fsp3) is 0.0769. The summed E-state index contributed by atoms with van der Waals surface area (Å²) in [7, 11) is 0. The number of nitrogen functional groups attached to an aromatic ring is 1. The van der Waals surface area contributed by atoms with Crippen molar-refractivity contribution in [3.8, 4) is 0 Å². The number of aryl methyl sites for hydroxylation is 1. The van der Waals surface area contributed by atoms with Crippen LogP contribution in [0.15, 0.2) is 46.8 Å². The SMILES string of the molecule is Cc1cnc(Sc2nc3ccccc3nc2N)nc1. The molecule has 0 spiro atoms. The predicted molar refractivity (Wildman–Crippen MR) is 74.8 cm³/mol. The van der Waals surface area contributed by atoms with E-state index in [4.69, 9.17) is 5.73 Å². The van der Waals surface area contributed by atoms with E-state index < -0.39 is 0 Å². The summed E-state index contributed by atoms with van der Waals surface area (Å²) in [5.74, 6) is 0.396. The Morgan fingerprint density at radius 1 is 1.00 bits per heavy atom. The average molecular weight is 269 g/mol. The summed E-state index contributed by atoms with van der Waals surface area (Å²) in [4.78, 5) is 17.3. The molecule has 0 amide bonds. The van der Waals surface area contributed by atoms with E-state index in [1.807, 2.05) is 31.2 Å². The van der Waals surface area contributed by atoms with Crippen LogP contribution in [0.3, 0.4) is 0 Å². The van der Waals surface area contributed by atoms with Crippen molar-refractivity contribution in [1.82, 2.24) is 19.9 Å². The van der Waals surface area contributed by atoms with E-state index in [-0.39, 0.29) is 0 Å². The third-order valence-electron chi connectivity index (χ3n) is 2.51. The lowest BCUT2D eigenvalue weighted by Crippen LogP contribution is -1.98. The first-order valence-corrected chi connectivity index (χ1v) is 6.53. The van der Waals surface area contributed by atoms with Crippen molar-refractivity contribution in [3.63, 3.8) is 0 Å². The van der Waals surface area contributed by atoms with Gasteiger partial charge in [-0.25, -0.2) is 19.9 Å². The summed E-state index contributed by atoms with van der Waals surface area (Å²) in [5, 5.41) is 1.24. The third kappa shape index (κ3) is 2.48. The average Bonchev–Trinajstić information content (AvgIpc) is 2.42. The van der Waals surface area contributed by atoms with E-state index in [0.717, 1.165) is 16.6 Å². The van der Waals surface area contributed by atoms with Gasteiger partial charge in [0.25, 0.3) is 0 Å². The van der Waals surface area contributed by atoms with Crippen LogP contribution in [-0.4, -0.2) is 19.9 Å². The maximum absolute atomic E-state index is 5.91. The van der Waals surface area contributed by atoms with Crippen LogP contribution in [-0.2, 0) is 0 Å². The van der Waals surface area contributed by atoms with Gasteiger partial charge in [0.1, 0.15) is 5.03 Å². The first kappa shape index (κ1) is 11.9. The second-order valence-electron chi connectivity index (χ2n) is 4.05. The number of nitrogens with zero attached hydrogens (tertiary/aromatic N) is 4. The number of para-hydroxylation sites is 2. The molecule has 2 N–H and O–H groups in total. The van der Waals surface area contributed by atoms with Gasteiger partial charge in [-0.2, -0.15) is 0 Å². The standard InChI is InChI=1S/C13H11N5S/c1-8-6-15-13(16-7-8)19-12-11(14)17-9-4-2-3-5-10(9)18-12/h2-7H,1H3,(H2,14,17). The molecule has 6 heteroatoms. The number of anilines is 1. The van der Waals surface area contributed by atoms with Gasteiger partial charge in [0.05, 0.1) is 11.0 Å². The molecule has 0 saturated carbocycles. The second kappa shape index (κ2) is 4.81. The lowest BCUT2D eigenvalue weighted by atomic mass is 10.3. The van der Waals surface area contributed by atoms with Gasteiger partial charge in [-0.3, -0.25) is 0 Å². The van der Waals surface area contributed by atoms with E-state index in [9.17, 15) is 0 Å². The van der Waals surface area contributed by atoms with Crippen LogP contribution in [0.5, 0.6) is 0 Å². The first-order chi connectivity index (χ1) is 9.22. The number of nitrogens with two attached hydrogens (primary N) is 1. The zero-order valence-corrected chi connectivity index (χ0v) is 11.1. The van der Waals surface area contributed by atoms with E-state index in [0.29, 0.717) is 16.0 Å². The van der Waals surface area contributed by atoms with Crippen molar-refractivity contribution >= 4 is 28.6 Å². The van der Waals surface area contributed by atoms with Gasteiger partial charge in [-0.1, -0.05) is 12.1 Å². The Bertz CT molecular complexity index is 727. The lowest BCUT2D eigenvalue weighted by Gasteiger charge is -2.04. The van der Waals surface area contributed by atoms with Crippen LogP contribution >= 0.6 is 11.8 Å². The highest BCUT2D eigenvalue weighted by molar-refractivity contribution is 7.99. The molecule has 2 aromatic heterocycles. The second-order valence-corrected chi connectivity index (χ2v) is 5.00. The molecule has 0 atom stereocenters. The molecular formula is C13H11N5S. The molecule has 0 bridgehead atoms.